The average Bonchev–Trinajstić information content (AvgIpc) is 2.45. The molecule has 0 radical (unpaired) electrons. The molecule has 0 aliphatic carbocycles. The number of ether oxygens (including phenoxy) is 2. The number of benzene rings is 1. The fourth-order valence-corrected chi connectivity index (χ4v) is 2.30. The zero-order valence-corrected chi connectivity index (χ0v) is 11.9. The van der Waals surface area contributed by atoms with Crippen LogP contribution in [0.1, 0.15) is 12.5 Å². The van der Waals surface area contributed by atoms with Gasteiger partial charge in [0.05, 0.1) is 18.8 Å². The van der Waals surface area contributed by atoms with Crippen LogP contribution in [0, 0.1) is 6.92 Å². The molecular formula is C15H21NO4. The topological polar surface area (TPSA) is 59.0 Å². The molecule has 0 aromatic heterocycles. The van der Waals surface area contributed by atoms with Crippen molar-refractivity contribution < 1.29 is 19.4 Å². The van der Waals surface area contributed by atoms with E-state index in [1.807, 2.05) is 38.1 Å². The molecule has 110 valence electrons. The van der Waals surface area contributed by atoms with Crippen LogP contribution in [0.3, 0.4) is 0 Å². The normalized spacial score (nSPS) is 22.6. The van der Waals surface area contributed by atoms with E-state index in [4.69, 9.17) is 14.6 Å². The quantitative estimate of drug-likeness (QED) is 0.892. The van der Waals surface area contributed by atoms with E-state index in [0.717, 1.165) is 11.3 Å². The van der Waals surface area contributed by atoms with Crippen LogP contribution in [-0.4, -0.2) is 54.4 Å². The fourth-order valence-electron chi connectivity index (χ4n) is 2.30. The molecule has 1 N–H and O–H groups in total. The highest BCUT2D eigenvalue weighted by Gasteiger charge is 2.28. The number of rotatable bonds is 4. The molecule has 1 heterocycles. The molecule has 1 fully saturated rings. The molecule has 5 nitrogen and oxygen atoms in total. The summed E-state index contributed by atoms with van der Waals surface area (Å²) in [5, 5.41) is 9.16. The minimum Gasteiger partial charge on any atom is -0.484 e. The van der Waals surface area contributed by atoms with Crippen LogP contribution in [-0.2, 0) is 9.53 Å². The number of amides is 1. The third-order valence-electron chi connectivity index (χ3n) is 3.33. The van der Waals surface area contributed by atoms with Crippen molar-refractivity contribution in [2.24, 2.45) is 0 Å². The molecule has 0 saturated carbocycles. The Balaban J connectivity index is 1.90. The number of hydrogen-bond donors (Lipinski definition) is 1. The number of aliphatic hydroxyl groups is 1. The van der Waals surface area contributed by atoms with Crippen molar-refractivity contribution in [2.75, 3.05) is 26.3 Å². The summed E-state index contributed by atoms with van der Waals surface area (Å²) in [5.74, 6) is 0.641. The SMILES string of the molecule is Cc1ccccc1OCC(=O)N1CC(C)OC(CO)C1. The molecule has 2 rings (SSSR count). The van der Waals surface area contributed by atoms with Gasteiger partial charge in [-0.05, 0) is 25.5 Å². The van der Waals surface area contributed by atoms with Gasteiger partial charge in [0, 0.05) is 13.1 Å². The summed E-state index contributed by atoms with van der Waals surface area (Å²) in [6, 6.07) is 7.60. The van der Waals surface area contributed by atoms with Crippen LogP contribution in [0.4, 0.5) is 0 Å². The summed E-state index contributed by atoms with van der Waals surface area (Å²) >= 11 is 0. The van der Waals surface area contributed by atoms with Crippen molar-refractivity contribution in [3.8, 4) is 5.75 Å². The van der Waals surface area contributed by atoms with Gasteiger partial charge in [0.1, 0.15) is 5.75 Å². The van der Waals surface area contributed by atoms with Gasteiger partial charge in [-0.1, -0.05) is 18.2 Å². The van der Waals surface area contributed by atoms with Crippen LogP contribution >= 0.6 is 0 Å². The minimum atomic E-state index is -0.304. The molecule has 1 amide bonds. The first-order chi connectivity index (χ1) is 9.60. The number of nitrogens with zero attached hydrogens (tertiary/aromatic N) is 1. The van der Waals surface area contributed by atoms with Crippen molar-refractivity contribution in [2.45, 2.75) is 26.1 Å². The van der Waals surface area contributed by atoms with Crippen LogP contribution in [0.25, 0.3) is 0 Å². The Hall–Kier alpha value is -1.59. The maximum Gasteiger partial charge on any atom is 0.260 e. The molecule has 2 atom stereocenters. The minimum absolute atomic E-state index is 0.00964. The molecule has 1 aromatic rings. The first-order valence-electron chi connectivity index (χ1n) is 6.82. The molecule has 2 unspecified atom stereocenters. The largest absolute Gasteiger partial charge is 0.484 e. The van der Waals surface area contributed by atoms with Gasteiger partial charge in [-0.3, -0.25) is 4.79 Å². The Kier molecular flexibility index (Phi) is 4.98. The van der Waals surface area contributed by atoms with Crippen molar-refractivity contribution in [3.05, 3.63) is 29.8 Å². The number of aryl methyl sites for hydroxylation is 1. The smallest absolute Gasteiger partial charge is 0.260 e. The second-order valence-corrected chi connectivity index (χ2v) is 5.10. The second-order valence-electron chi connectivity index (χ2n) is 5.10. The molecule has 1 aliphatic heterocycles. The predicted octanol–water partition coefficient (Wildman–Crippen LogP) is 0.982. The van der Waals surface area contributed by atoms with Gasteiger partial charge in [0.15, 0.2) is 6.61 Å². The first-order valence-corrected chi connectivity index (χ1v) is 6.82. The number of morpholine rings is 1. The van der Waals surface area contributed by atoms with Gasteiger partial charge in [-0.15, -0.1) is 0 Å². The fraction of sp³-hybridized carbons (Fsp3) is 0.533. The lowest BCUT2D eigenvalue weighted by Crippen LogP contribution is -2.51. The van der Waals surface area contributed by atoms with Crippen molar-refractivity contribution >= 4 is 5.91 Å². The highest BCUT2D eigenvalue weighted by atomic mass is 16.5. The lowest BCUT2D eigenvalue weighted by atomic mass is 10.2. The summed E-state index contributed by atoms with van der Waals surface area (Å²) in [5.41, 5.74) is 1.00. The van der Waals surface area contributed by atoms with Crippen LogP contribution in [0.5, 0.6) is 5.75 Å². The van der Waals surface area contributed by atoms with Crippen molar-refractivity contribution in [1.29, 1.82) is 0 Å². The van der Waals surface area contributed by atoms with Crippen LogP contribution in [0.2, 0.25) is 0 Å². The van der Waals surface area contributed by atoms with E-state index >= 15 is 0 Å². The molecule has 20 heavy (non-hydrogen) atoms. The Bertz CT molecular complexity index is 463. The van der Waals surface area contributed by atoms with E-state index in [0.29, 0.717) is 13.1 Å². The highest BCUT2D eigenvalue weighted by molar-refractivity contribution is 5.78. The second kappa shape index (κ2) is 6.72. The van der Waals surface area contributed by atoms with Crippen LogP contribution < -0.4 is 4.74 Å². The third-order valence-corrected chi connectivity index (χ3v) is 3.33. The number of carbonyl (C=O) groups is 1. The Morgan fingerprint density at radius 3 is 2.90 bits per heavy atom. The van der Waals surface area contributed by atoms with Gasteiger partial charge >= 0.3 is 0 Å². The highest BCUT2D eigenvalue weighted by Crippen LogP contribution is 2.17. The van der Waals surface area contributed by atoms with Gasteiger partial charge < -0.3 is 19.5 Å². The van der Waals surface area contributed by atoms with E-state index in [1.165, 1.54) is 0 Å². The van der Waals surface area contributed by atoms with E-state index < -0.39 is 0 Å². The molecule has 1 saturated heterocycles. The Labute approximate surface area is 119 Å². The van der Waals surface area contributed by atoms with E-state index in [2.05, 4.69) is 0 Å². The predicted molar refractivity (Wildman–Crippen MR) is 74.7 cm³/mol. The van der Waals surface area contributed by atoms with E-state index in [1.54, 1.807) is 4.90 Å². The number of hydrogen-bond acceptors (Lipinski definition) is 4. The molecular weight excluding hydrogens is 258 g/mol. The molecule has 5 heteroatoms. The lowest BCUT2D eigenvalue weighted by Gasteiger charge is -2.36. The number of para-hydroxylation sites is 1. The summed E-state index contributed by atoms with van der Waals surface area (Å²) in [4.78, 5) is 13.8. The van der Waals surface area contributed by atoms with Gasteiger partial charge in [-0.2, -0.15) is 0 Å². The third kappa shape index (κ3) is 3.71. The summed E-state index contributed by atoms with van der Waals surface area (Å²) in [6.45, 7) is 4.72. The summed E-state index contributed by atoms with van der Waals surface area (Å²) < 4.78 is 11.1. The summed E-state index contributed by atoms with van der Waals surface area (Å²) in [7, 11) is 0. The molecule has 1 aliphatic rings. The maximum absolute atomic E-state index is 12.2. The lowest BCUT2D eigenvalue weighted by molar-refractivity contribution is -0.149. The molecule has 0 bridgehead atoms. The van der Waals surface area contributed by atoms with Crippen molar-refractivity contribution in [1.82, 2.24) is 4.90 Å². The van der Waals surface area contributed by atoms with Gasteiger partial charge in [0.2, 0.25) is 0 Å². The van der Waals surface area contributed by atoms with Crippen molar-refractivity contribution in [3.63, 3.8) is 0 Å². The first kappa shape index (κ1) is 14.8. The van der Waals surface area contributed by atoms with E-state index in [-0.39, 0.29) is 31.3 Å². The van der Waals surface area contributed by atoms with Gasteiger partial charge in [-0.25, -0.2) is 0 Å². The number of carbonyl (C=O) groups excluding carboxylic acids is 1. The number of aliphatic hydroxyl groups excluding tert-OH is 1. The average molecular weight is 279 g/mol. The zero-order valence-electron chi connectivity index (χ0n) is 11.9. The Morgan fingerprint density at radius 1 is 1.45 bits per heavy atom. The molecule has 1 aromatic carbocycles. The summed E-state index contributed by atoms with van der Waals surface area (Å²) in [6.07, 6.45) is -0.371. The van der Waals surface area contributed by atoms with Gasteiger partial charge in [0.25, 0.3) is 5.91 Å². The standard InChI is InChI=1S/C15H21NO4/c1-11-5-3-4-6-14(11)19-10-15(18)16-7-12(2)20-13(8-16)9-17/h3-6,12-13,17H,7-10H2,1-2H3. The van der Waals surface area contributed by atoms with E-state index in [9.17, 15) is 4.79 Å². The van der Waals surface area contributed by atoms with Crippen LogP contribution in [0.15, 0.2) is 24.3 Å². The zero-order chi connectivity index (χ0) is 14.5. The maximum atomic E-state index is 12.2. The Morgan fingerprint density at radius 2 is 2.20 bits per heavy atom. The molecule has 0 spiro atoms. The monoisotopic (exact) mass is 279 g/mol.